The van der Waals surface area contributed by atoms with E-state index in [0.717, 1.165) is 27.0 Å². The fourth-order valence-electron chi connectivity index (χ4n) is 3.81. The van der Waals surface area contributed by atoms with Crippen molar-refractivity contribution in [2.24, 2.45) is 0 Å². The summed E-state index contributed by atoms with van der Waals surface area (Å²) in [5.74, 6) is -1.03. The summed E-state index contributed by atoms with van der Waals surface area (Å²) in [6, 6.07) is 5.42. The molecule has 0 unspecified atom stereocenters. The second-order valence-corrected chi connectivity index (χ2v) is 7.49. The smallest absolute Gasteiger partial charge is 0.339 e. The number of Topliss-reactive ketones (excluding diaryl/α,β-unsaturated/α-hetero) is 2. The third-order valence-corrected chi connectivity index (χ3v) is 5.91. The number of esters is 1. The number of ether oxygens (including phenoxy) is 1. The summed E-state index contributed by atoms with van der Waals surface area (Å²) in [6.45, 7) is 6.72. The molecule has 1 aliphatic rings. The van der Waals surface area contributed by atoms with Gasteiger partial charge in [0.05, 0.1) is 12.7 Å². The first-order valence-corrected chi connectivity index (χ1v) is 9.44. The van der Waals surface area contributed by atoms with Gasteiger partial charge in [-0.2, -0.15) is 0 Å². The van der Waals surface area contributed by atoms with Gasteiger partial charge in [-0.15, -0.1) is 11.3 Å². The molecule has 1 aromatic carbocycles. The topological polar surface area (TPSA) is 72.5 Å². The summed E-state index contributed by atoms with van der Waals surface area (Å²) in [4.78, 5) is 37.0. The molecule has 0 fully saturated rings. The zero-order valence-corrected chi connectivity index (χ0v) is 16.7. The van der Waals surface area contributed by atoms with Crippen molar-refractivity contribution in [1.29, 1.82) is 0 Å². The lowest BCUT2D eigenvalue weighted by atomic mass is 9.77. The Bertz CT molecular complexity index is 1010. The lowest BCUT2D eigenvalue weighted by Crippen LogP contribution is -2.29. The summed E-state index contributed by atoms with van der Waals surface area (Å²) < 4.78 is 5.67. The highest BCUT2D eigenvalue weighted by Gasteiger charge is 2.35. The number of ketones is 2. The van der Waals surface area contributed by atoms with Crippen LogP contribution in [0.3, 0.4) is 0 Å². The molecule has 3 rings (SSSR count). The number of thiophene rings is 1. The molecule has 0 spiro atoms. The van der Waals surface area contributed by atoms with Gasteiger partial charge in [0.1, 0.15) is 0 Å². The van der Waals surface area contributed by atoms with Gasteiger partial charge in [-0.3, -0.25) is 9.59 Å². The fourth-order valence-corrected chi connectivity index (χ4v) is 4.91. The van der Waals surface area contributed by atoms with Crippen LogP contribution in [0, 0.1) is 0 Å². The van der Waals surface area contributed by atoms with E-state index in [2.05, 4.69) is 5.32 Å². The molecule has 0 bridgehead atoms. The van der Waals surface area contributed by atoms with E-state index in [4.69, 9.17) is 4.74 Å². The molecule has 0 radical (unpaired) electrons. The molecule has 1 N–H and O–H groups in total. The Morgan fingerprint density at radius 1 is 1.04 bits per heavy atom. The summed E-state index contributed by atoms with van der Waals surface area (Å²) in [7, 11) is 1.35. The largest absolute Gasteiger partial charge is 0.465 e. The van der Waals surface area contributed by atoms with Gasteiger partial charge in [0.2, 0.25) is 0 Å². The van der Waals surface area contributed by atoms with Gasteiger partial charge < -0.3 is 10.1 Å². The molecule has 1 aromatic heterocycles. The average Bonchev–Trinajstić information content (AvgIpc) is 3.03. The maximum Gasteiger partial charge on any atom is 0.339 e. The standard InChI is InChI=1S/C21H21NO4S/c1-10-17(12(3)23)19(18(13(4)24)11(2)22-10)16-9-27-20-14(16)7-6-8-15(20)21(25)26-5/h6-9,19,22H,1-5H3. The molecule has 2 heterocycles. The second kappa shape index (κ2) is 7.12. The Kier molecular flexibility index (Phi) is 5.02. The lowest BCUT2D eigenvalue weighted by Gasteiger charge is -2.30. The normalized spacial score (nSPS) is 15.1. The molecular formula is C21H21NO4S. The van der Waals surface area contributed by atoms with Crippen LogP contribution in [-0.2, 0) is 14.3 Å². The van der Waals surface area contributed by atoms with Crippen molar-refractivity contribution in [3.63, 3.8) is 0 Å². The third-order valence-electron chi connectivity index (χ3n) is 4.87. The molecule has 0 amide bonds. The van der Waals surface area contributed by atoms with Gasteiger partial charge in [-0.25, -0.2) is 4.79 Å². The predicted molar refractivity (Wildman–Crippen MR) is 106 cm³/mol. The molecule has 140 valence electrons. The van der Waals surface area contributed by atoms with Crippen molar-refractivity contribution in [2.45, 2.75) is 33.6 Å². The number of nitrogens with one attached hydrogen (secondary N) is 1. The lowest BCUT2D eigenvalue weighted by molar-refractivity contribution is -0.114. The van der Waals surface area contributed by atoms with E-state index in [0.29, 0.717) is 16.7 Å². The molecule has 0 saturated heterocycles. The Morgan fingerprint density at radius 2 is 1.63 bits per heavy atom. The molecule has 5 nitrogen and oxygen atoms in total. The summed E-state index contributed by atoms with van der Waals surface area (Å²) in [6.07, 6.45) is 0. The molecular weight excluding hydrogens is 362 g/mol. The Hall–Kier alpha value is -2.73. The first-order chi connectivity index (χ1) is 12.8. The van der Waals surface area contributed by atoms with E-state index in [-0.39, 0.29) is 11.6 Å². The maximum absolute atomic E-state index is 12.4. The highest BCUT2D eigenvalue weighted by molar-refractivity contribution is 7.17. The van der Waals surface area contributed by atoms with Gasteiger partial charge >= 0.3 is 5.97 Å². The number of hydrogen-bond acceptors (Lipinski definition) is 6. The zero-order valence-electron chi connectivity index (χ0n) is 15.9. The minimum Gasteiger partial charge on any atom is -0.465 e. The molecule has 0 saturated carbocycles. The highest BCUT2D eigenvalue weighted by atomic mass is 32.1. The van der Waals surface area contributed by atoms with Crippen LogP contribution in [0.25, 0.3) is 10.1 Å². The number of rotatable bonds is 4. The molecule has 0 aliphatic carbocycles. The van der Waals surface area contributed by atoms with Crippen LogP contribution in [0.2, 0.25) is 0 Å². The monoisotopic (exact) mass is 383 g/mol. The predicted octanol–water partition coefficient (Wildman–Crippen LogP) is 4.10. The van der Waals surface area contributed by atoms with Gasteiger partial charge in [-0.05, 0) is 50.1 Å². The van der Waals surface area contributed by atoms with Crippen LogP contribution >= 0.6 is 11.3 Å². The first-order valence-electron chi connectivity index (χ1n) is 8.56. The second-order valence-electron chi connectivity index (χ2n) is 6.61. The van der Waals surface area contributed by atoms with E-state index in [1.807, 2.05) is 25.3 Å². The Morgan fingerprint density at radius 3 is 2.15 bits per heavy atom. The van der Waals surface area contributed by atoms with Crippen LogP contribution in [0.4, 0.5) is 0 Å². The number of allylic oxidation sites excluding steroid dienone is 4. The zero-order chi connectivity index (χ0) is 19.9. The summed E-state index contributed by atoms with van der Waals surface area (Å²) >= 11 is 1.42. The van der Waals surface area contributed by atoms with Gasteiger partial charge in [0.15, 0.2) is 11.6 Å². The quantitative estimate of drug-likeness (QED) is 0.805. The Balaban J connectivity index is 2.32. The number of hydrogen-bond donors (Lipinski definition) is 1. The van der Waals surface area contributed by atoms with Crippen molar-refractivity contribution in [2.75, 3.05) is 7.11 Å². The molecule has 27 heavy (non-hydrogen) atoms. The number of carbonyl (C=O) groups excluding carboxylic acids is 3. The average molecular weight is 383 g/mol. The minimum absolute atomic E-state index is 0.0836. The molecule has 6 heteroatoms. The van der Waals surface area contributed by atoms with Crippen molar-refractivity contribution < 1.29 is 19.1 Å². The SMILES string of the molecule is COC(=O)c1cccc2c(C3C(C(C)=O)=C(C)NC(C)=C3C(C)=O)csc12. The Labute approximate surface area is 161 Å². The van der Waals surface area contributed by atoms with Crippen molar-refractivity contribution >= 4 is 39.0 Å². The summed E-state index contributed by atoms with van der Waals surface area (Å²) in [5, 5.41) is 5.95. The van der Waals surface area contributed by atoms with Gasteiger partial charge in [-0.1, -0.05) is 12.1 Å². The molecule has 0 atom stereocenters. The van der Waals surface area contributed by atoms with E-state index in [9.17, 15) is 14.4 Å². The number of carbonyl (C=O) groups is 3. The minimum atomic E-state index is -0.456. The number of benzene rings is 1. The van der Waals surface area contributed by atoms with Crippen LogP contribution < -0.4 is 5.32 Å². The van der Waals surface area contributed by atoms with Crippen molar-refractivity contribution in [3.05, 3.63) is 57.2 Å². The van der Waals surface area contributed by atoms with Crippen LogP contribution in [0.5, 0.6) is 0 Å². The van der Waals surface area contributed by atoms with Gasteiger partial charge in [0.25, 0.3) is 0 Å². The molecule has 2 aromatic rings. The van der Waals surface area contributed by atoms with E-state index in [1.165, 1.54) is 32.3 Å². The van der Waals surface area contributed by atoms with E-state index in [1.54, 1.807) is 12.1 Å². The van der Waals surface area contributed by atoms with Crippen LogP contribution in [0.15, 0.2) is 46.1 Å². The fraction of sp³-hybridized carbons (Fsp3) is 0.286. The first kappa shape index (κ1) is 19.0. The number of methoxy groups -OCH3 is 1. The third kappa shape index (κ3) is 3.10. The molecule has 1 aliphatic heterocycles. The van der Waals surface area contributed by atoms with Gasteiger partial charge in [0, 0.05) is 33.2 Å². The van der Waals surface area contributed by atoms with E-state index < -0.39 is 11.9 Å². The highest BCUT2D eigenvalue weighted by Crippen LogP contribution is 2.44. The van der Waals surface area contributed by atoms with Crippen LogP contribution in [-0.4, -0.2) is 24.6 Å². The number of dihydropyridines is 1. The summed E-state index contributed by atoms with van der Waals surface area (Å²) in [5.41, 5.74) is 3.99. The van der Waals surface area contributed by atoms with Crippen molar-refractivity contribution in [1.82, 2.24) is 5.32 Å². The number of fused-ring (bicyclic) bond motifs is 1. The van der Waals surface area contributed by atoms with Crippen molar-refractivity contribution in [3.8, 4) is 0 Å². The van der Waals surface area contributed by atoms with E-state index >= 15 is 0 Å². The maximum atomic E-state index is 12.4. The van der Waals surface area contributed by atoms with Crippen LogP contribution in [0.1, 0.15) is 49.5 Å².